The number of carbonyl (C=O) groups is 1. The third kappa shape index (κ3) is 4.84. The molecule has 7 heteroatoms. The van der Waals surface area contributed by atoms with Gasteiger partial charge in [0.25, 0.3) is 5.56 Å². The molecule has 2 aromatic rings. The maximum Gasteiger partial charge on any atom is 0.262 e. The molecule has 2 atom stereocenters. The van der Waals surface area contributed by atoms with E-state index in [2.05, 4.69) is 4.98 Å². The Kier molecular flexibility index (Phi) is 6.44. The molecule has 146 valence electrons. The molecule has 0 aliphatic carbocycles. The maximum atomic E-state index is 12.6. The highest BCUT2D eigenvalue weighted by Crippen LogP contribution is 2.13. The summed E-state index contributed by atoms with van der Waals surface area (Å²) in [6.45, 7) is 5.91. The molecule has 1 saturated heterocycles. The fourth-order valence-electron chi connectivity index (χ4n) is 3.66. The van der Waals surface area contributed by atoms with Crippen LogP contribution in [0.4, 0.5) is 0 Å². The average Bonchev–Trinajstić information content (AvgIpc) is 2.62. The number of benzene rings is 1. The molecule has 2 unspecified atom stereocenters. The molecule has 0 saturated carbocycles. The van der Waals surface area contributed by atoms with Crippen LogP contribution < -0.4 is 5.56 Å². The molecule has 6 nitrogen and oxygen atoms in total. The maximum absolute atomic E-state index is 12.6. The fourth-order valence-corrected chi connectivity index (χ4v) is 3.95. The third-order valence-electron chi connectivity index (χ3n) is 4.93. The van der Waals surface area contributed by atoms with Crippen LogP contribution in [0.5, 0.6) is 0 Å². The number of H-pyrrole nitrogens is 1. The van der Waals surface area contributed by atoms with Crippen LogP contribution in [0.1, 0.15) is 39.5 Å². The van der Waals surface area contributed by atoms with Gasteiger partial charge in [0.05, 0.1) is 23.1 Å². The summed E-state index contributed by atoms with van der Waals surface area (Å²) >= 11 is 5.33. The number of fused-ring (bicyclic) bond motifs is 1. The van der Waals surface area contributed by atoms with Crippen molar-refractivity contribution in [3.63, 3.8) is 0 Å². The van der Waals surface area contributed by atoms with Gasteiger partial charge in [-0.15, -0.1) is 0 Å². The van der Waals surface area contributed by atoms with Gasteiger partial charge in [0, 0.05) is 26.1 Å². The first-order valence-electron chi connectivity index (χ1n) is 9.61. The predicted molar refractivity (Wildman–Crippen MR) is 108 cm³/mol. The molecular formula is C20H27N3O3S. The van der Waals surface area contributed by atoms with Crippen molar-refractivity contribution < 1.29 is 9.53 Å². The average molecular weight is 390 g/mol. The fraction of sp³-hybridized carbons (Fsp3) is 0.550. The second-order valence-corrected chi connectivity index (χ2v) is 7.69. The third-order valence-corrected chi connectivity index (χ3v) is 5.26. The Morgan fingerprint density at radius 2 is 1.89 bits per heavy atom. The van der Waals surface area contributed by atoms with E-state index in [4.69, 9.17) is 17.0 Å². The van der Waals surface area contributed by atoms with Crippen LogP contribution in [0.3, 0.4) is 0 Å². The number of ether oxygens (including phenoxy) is 1. The topological polar surface area (TPSA) is 67.3 Å². The van der Waals surface area contributed by atoms with E-state index in [9.17, 15) is 9.59 Å². The number of aromatic nitrogens is 2. The number of rotatable bonds is 6. The van der Waals surface area contributed by atoms with Crippen molar-refractivity contribution in [2.75, 3.05) is 13.1 Å². The lowest BCUT2D eigenvalue weighted by Crippen LogP contribution is -2.48. The van der Waals surface area contributed by atoms with Crippen LogP contribution >= 0.6 is 12.2 Å². The smallest absolute Gasteiger partial charge is 0.262 e. The number of nitrogens with one attached hydrogen (secondary N) is 1. The first-order valence-corrected chi connectivity index (χ1v) is 10.0. The number of amides is 1. The quantitative estimate of drug-likeness (QED) is 0.608. The second kappa shape index (κ2) is 8.80. The van der Waals surface area contributed by atoms with E-state index in [1.807, 2.05) is 43.0 Å². The van der Waals surface area contributed by atoms with Crippen molar-refractivity contribution in [2.24, 2.45) is 0 Å². The van der Waals surface area contributed by atoms with Crippen molar-refractivity contribution in [1.82, 2.24) is 14.5 Å². The number of para-hydroxylation sites is 1. The zero-order chi connectivity index (χ0) is 19.4. The van der Waals surface area contributed by atoms with Gasteiger partial charge in [-0.3, -0.25) is 14.2 Å². The largest absolute Gasteiger partial charge is 0.372 e. The molecule has 1 aliphatic rings. The van der Waals surface area contributed by atoms with Crippen LogP contribution in [0.25, 0.3) is 10.9 Å². The molecule has 1 fully saturated rings. The molecule has 1 N–H and O–H groups in total. The van der Waals surface area contributed by atoms with Gasteiger partial charge < -0.3 is 14.6 Å². The summed E-state index contributed by atoms with van der Waals surface area (Å²) in [6.07, 6.45) is 3.25. The molecule has 1 aromatic heterocycles. The zero-order valence-corrected chi connectivity index (χ0v) is 16.8. The molecule has 27 heavy (non-hydrogen) atoms. The van der Waals surface area contributed by atoms with Crippen molar-refractivity contribution in [3.8, 4) is 0 Å². The van der Waals surface area contributed by atoms with E-state index in [1.165, 1.54) is 0 Å². The van der Waals surface area contributed by atoms with Gasteiger partial charge in [-0.25, -0.2) is 0 Å². The number of unbranched alkanes of at least 4 members (excludes halogenated alkanes) is 2. The Bertz CT molecular complexity index is 911. The van der Waals surface area contributed by atoms with Gasteiger partial charge in [-0.2, -0.15) is 0 Å². The number of hydrogen-bond acceptors (Lipinski definition) is 4. The predicted octanol–water partition coefficient (Wildman–Crippen LogP) is 3.26. The summed E-state index contributed by atoms with van der Waals surface area (Å²) in [7, 11) is 0. The van der Waals surface area contributed by atoms with E-state index >= 15 is 0 Å². The Labute approximate surface area is 164 Å². The van der Waals surface area contributed by atoms with E-state index in [0.29, 0.717) is 36.2 Å². The summed E-state index contributed by atoms with van der Waals surface area (Å²) < 4.78 is 7.74. The lowest BCUT2D eigenvalue weighted by molar-refractivity contribution is -0.143. The van der Waals surface area contributed by atoms with E-state index in [0.717, 1.165) is 24.8 Å². The lowest BCUT2D eigenvalue weighted by atomic mass is 10.1. The molecule has 0 radical (unpaired) electrons. The highest BCUT2D eigenvalue weighted by Gasteiger charge is 2.25. The van der Waals surface area contributed by atoms with Gasteiger partial charge in [0.2, 0.25) is 5.91 Å². The number of aromatic amines is 1. The summed E-state index contributed by atoms with van der Waals surface area (Å²) in [5, 5.41) is 0.650. The minimum atomic E-state index is -0.0540. The zero-order valence-electron chi connectivity index (χ0n) is 15.9. The first kappa shape index (κ1) is 19.8. The van der Waals surface area contributed by atoms with Crippen LogP contribution in [0, 0.1) is 4.77 Å². The van der Waals surface area contributed by atoms with Crippen molar-refractivity contribution in [1.29, 1.82) is 0 Å². The highest BCUT2D eigenvalue weighted by molar-refractivity contribution is 7.71. The van der Waals surface area contributed by atoms with Gasteiger partial charge in [0.15, 0.2) is 4.77 Å². The number of hydrogen-bond donors (Lipinski definition) is 1. The Balaban J connectivity index is 1.49. The van der Waals surface area contributed by atoms with E-state index < -0.39 is 0 Å². The SMILES string of the molecule is CC1CN(C(=O)CCCCCn2c(=S)[nH]c3ccccc3c2=O)CC(C)O1. The molecule has 0 spiro atoms. The van der Waals surface area contributed by atoms with Gasteiger partial charge >= 0.3 is 0 Å². The molecule has 3 rings (SSSR count). The molecule has 1 aliphatic heterocycles. The summed E-state index contributed by atoms with van der Waals surface area (Å²) in [5.74, 6) is 0.192. The molecule has 1 amide bonds. The molecule has 0 bridgehead atoms. The Morgan fingerprint density at radius 1 is 1.19 bits per heavy atom. The summed E-state index contributed by atoms with van der Waals surface area (Å²) in [4.78, 5) is 30.0. The van der Waals surface area contributed by atoms with Crippen molar-refractivity contribution in [2.45, 2.75) is 58.3 Å². The van der Waals surface area contributed by atoms with Crippen LogP contribution in [-0.2, 0) is 16.1 Å². The van der Waals surface area contributed by atoms with Gasteiger partial charge in [0.1, 0.15) is 0 Å². The monoisotopic (exact) mass is 389 g/mol. The number of carbonyl (C=O) groups excluding carboxylic acids is 1. The Morgan fingerprint density at radius 3 is 2.63 bits per heavy atom. The van der Waals surface area contributed by atoms with Crippen LogP contribution in [0.15, 0.2) is 29.1 Å². The molecular weight excluding hydrogens is 362 g/mol. The van der Waals surface area contributed by atoms with Crippen molar-refractivity contribution in [3.05, 3.63) is 39.4 Å². The number of nitrogens with zero attached hydrogens (tertiary/aromatic N) is 2. The summed E-state index contributed by atoms with van der Waals surface area (Å²) in [6, 6.07) is 7.40. The minimum absolute atomic E-state index is 0.0540. The molecule has 2 heterocycles. The van der Waals surface area contributed by atoms with E-state index in [1.54, 1.807) is 4.57 Å². The highest BCUT2D eigenvalue weighted by atomic mass is 32.1. The molecule has 1 aromatic carbocycles. The van der Waals surface area contributed by atoms with E-state index in [-0.39, 0.29) is 23.7 Å². The lowest BCUT2D eigenvalue weighted by Gasteiger charge is -2.35. The van der Waals surface area contributed by atoms with Crippen molar-refractivity contribution >= 4 is 29.0 Å². The van der Waals surface area contributed by atoms with Gasteiger partial charge in [-0.1, -0.05) is 18.6 Å². The second-order valence-electron chi connectivity index (χ2n) is 7.30. The first-order chi connectivity index (χ1) is 13.0. The number of morpholine rings is 1. The Hall–Kier alpha value is -1.99. The minimum Gasteiger partial charge on any atom is -0.372 e. The van der Waals surface area contributed by atoms with Crippen LogP contribution in [0.2, 0.25) is 0 Å². The normalized spacial score (nSPS) is 20.1. The standard InChI is InChI=1S/C20H27N3O3S/c1-14-12-22(13-15(2)26-14)18(24)10-4-3-7-11-23-19(25)16-8-5-6-9-17(16)21-20(23)27/h5-6,8-9,14-15H,3-4,7,10-13H2,1-2H3,(H,21,27). The van der Waals surface area contributed by atoms with Gasteiger partial charge in [-0.05, 0) is 51.0 Å². The van der Waals surface area contributed by atoms with Crippen LogP contribution in [-0.4, -0.2) is 45.7 Å². The summed E-state index contributed by atoms with van der Waals surface area (Å²) in [5.41, 5.74) is 0.713.